The maximum absolute atomic E-state index is 11.5. The number of aryl methyl sites for hydroxylation is 1. The lowest BCUT2D eigenvalue weighted by molar-refractivity contribution is 0.602. The van der Waals surface area contributed by atoms with E-state index in [1.807, 2.05) is 25.1 Å². The fraction of sp³-hybridized carbons (Fsp3) is 0.333. The Morgan fingerprint density at radius 1 is 1.26 bits per heavy atom. The summed E-state index contributed by atoms with van der Waals surface area (Å²) < 4.78 is 23.1. The van der Waals surface area contributed by atoms with Crippen LogP contribution in [0.1, 0.15) is 12.1 Å². The molecule has 1 atom stereocenters. The molecule has 1 unspecified atom stereocenters. The molecular formula is C15H17ClN4O2S. The van der Waals surface area contributed by atoms with Gasteiger partial charge in [-0.2, -0.15) is 4.98 Å². The van der Waals surface area contributed by atoms with Gasteiger partial charge in [-0.15, -0.1) is 0 Å². The number of benzene rings is 1. The van der Waals surface area contributed by atoms with Crippen LogP contribution in [0.25, 0.3) is 0 Å². The van der Waals surface area contributed by atoms with Crippen molar-refractivity contribution in [3.8, 4) is 0 Å². The van der Waals surface area contributed by atoms with Crippen molar-refractivity contribution in [3.05, 3.63) is 41.0 Å². The number of hydrogen-bond acceptors (Lipinski definition) is 6. The number of nitrogens with zero attached hydrogens (tertiary/aromatic N) is 2. The molecule has 23 heavy (non-hydrogen) atoms. The highest BCUT2D eigenvalue weighted by atomic mass is 35.5. The van der Waals surface area contributed by atoms with E-state index in [0.29, 0.717) is 23.2 Å². The summed E-state index contributed by atoms with van der Waals surface area (Å²) in [6, 6.07) is 9.04. The molecule has 1 fully saturated rings. The van der Waals surface area contributed by atoms with Gasteiger partial charge in [-0.25, -0.2) is 13.4 Å². The summed E-state index contributed by atoms with van der Waals surface area (Å²) >= 11 is 6.13. The smallest absolute Gasteiger partial charge is 0.225 e. The molecule has 0 bridgehead atoms. The van der Waals surface area contributed by atoms with Gasteiger partial charge in [-0.3, -0.25) is 0 Å². The Morgan fingerprint density at radius 3 is 2.74 bits per heavy atom. The lowest BCUT2D eigenvalue weighted by atomic mass is 10.3. The Balaban J connectivity index is 1.78. The molecule has 6 nitrogen and oxygen atoms in total. The minimum Gasteiger partial charge on any atom is -0.350 e. The van der Waals surface area contributed by atoms with Gasteiger partial charge in [0.05, 0.1) is 22.2 Å². The first kappa shape index (κ1) is 16.0. The highest BCUT2D eigenvalue weighted by Crippen LogP contribution is 2.25. The zero-order chi connectivity index (χ0) is 16.4. The maximum atomic E-state index is 11.5. The quantitative estimate of drug-likeness (QED) is 0.880. The summed E-state index contributed by atoms with van der Waals surface area (Å²) in [5.74, 6) is 1.36. The minimum absolute atomic E-state index is 0.123. The molecule has 2 aromatic rings. The van der Waals surface area contributed by atoms with Gasteiger partial charge in [-0.1, -0.05) is 23.7 Å². The van der Waals surface area contributed by atoms with Crippen molar-refractivity contribution in [1.29, 1.82) is 0 Å². The molecule has 1 aromatic carbocycles. The Hall–Kier alpha value is -1.86. The van der Waals surface area contributed by atoms with Crippen molar-refractivity contribution in [2.75, 3.05) is 22.1 Å². The molecular weight excluding hydrogens is 336 g/mol. The molecule has 0 saturated carbocycles. The average Bonchev–Trinajstić information content (AvgIpc) is 2.80. The Bertz CT molecular complexity index is 826. The zero-order valence-corrected chi connectivity index (χ0v) is 14.2. The number of anilines is 3. The van der Waals surface area contributed by atoms with Gasteiger partial charge in [-0.05, 0) is 25.5 Å². The largest absolute Gasteiger partial charge is 0.350 e. The Labute approximate surface area is 140 Å². The predicted molar refractivity (Wildman–Crippen MR) is 92.2 cm³/mol. The highest BCUT2D eigenvalue weighted by Gasteiger charge is 2.28. The van der Waals surface area contributed by atoms with Crippen LogP contribution >= 0.6 is 11.6 Å². The van der Waals surface area contributed by atoms with Crippen molar-refractivity contribution >= 4 is 38.9 Å². The molecule has 0 amide bonds. The lowest BCUT2D eigenvalue weighted by Crippen LogP contribution is -2.22. The first-order valence-corrected chi connectivity index (χ1v) is 9.45. The maximum Gasteiger partial charge on any atom is 0.225 e. The SMILES string of the molecule is Cc1cc(Nc2ccccc2Cl)nc(NC2CCS(=O)(=O)C2)n1. The van der Waals surface area contributed by atoms with Crippen LogP contribution < -0.4 is 10.6 Å². The number of rotatable bonds is 4. The van der Waals surface area contributed by atoms with E-state index in [1.165, 1.54) is 0 Å². The van der Waals surface area contributed by atoms with Crippen LogP contribution in [0.4, 0.5) is 17.5 Å². The number of sulfone groups is 1. The molecule has 1 aliphatic heterocycles. The molecule has 122 valence electrons. The molecule has 1 aliphatic rings. The van der Waals surface area contributed by atoms with E-state index in [4.69, 9.17) is 11.6 Å². The fourth-order valence-electron chi connectivity index (χ4n) is 2.49. The molecule has 2 N–H and O–H groups in total. The molecule has 1 saturated heterocycles. The summed E-state index contributed by atoms with van der Waals surface area (Å²) in [6.45, 7) is 1.86. The monoisotopic (exact) mass is 352 g/mol. The topological polar surface area (TPSA) is 84.0 Å². The first-order valence-electron chi connectivity index (χ1n) is 7.25. The highest BCUT2D eigenvalue weighted by molar-refractivity contribution is 7.91. The number of halogens is 1. The number of para-hydroxylation sites is 1. The van der Waals surface area contributed by atoms with Gasteiger partial charge in [0.1, 0.15) is 5.82 Å². The molecule has 0 aliphatic carbocycles. The van der Waals surface area contributed by atoms with E-state index in [0.717, 1.165) is 11.4 Å². The summed E-state index contributed by atoms with van der Waals surface area (Å²) in [6.07, 6.45) is 0.576. The lowest BCUT2D eigenvalue weighted by Gasteiger charge is -2.13. The van der Waals surface area contributed by atoms with Crippen molar-refractivity contribution in [2.45, 2.75) is 19.4 Å². The molecule has 0 radical (unpaired) electrons. The van der Waals surface area contributed by atoms with E-state index in [9.17, 15) is 8.42 Å². The van der Waals surface area contributed by atoms with Crippen LogP contribution in [0, 0.1) is 6.92 Å². The summed E-state index contributed by atoms with van der Waals surface area (Å²) in [5, 5.41) is 6.85. The van der Waals surface area contributed by atoms with E-state index < -0.39 is 9.84 Å². The van der Waals surface area contributed by atoms with E-state index in [1.54, 1.807) is 12.1 Å². The number of nitrogens with one attached hydrogen (secondary N) is 2. The zero-order valence-electron chi connectivity index (χ0n) is 12.6. The molecule has 8 heteroatoms. The summed E-state index contributed by atoms with van der Waals surface area (Å²) in [7, 11) is -2.94. The van der Waals surface area contributed by atoms with Gasteiger partial charge in [0.25, 0.3) is 0 Å². The number of hydrogen-bond donors (Lipinski definition) is 2. The van der Waals surface area contributed by atoms with Gasteiger partial charge in [0.15, 0.2) is 9.84 Å². The summed E-state index contributed by atoms with van der Waals surface area (Å²) in [5.41, 5.74) is 1.53. The van der Waals surface area contributed by atoms with Gasteiger partial charge in [0.2, 0.25) is 5.95 Å². The Morgan fingerprint density at radius 2 is 2.04 bits per heavy atom. The van der Waals surface area contributed by atoms with Crippen LogP contribution in [0.2, 0.25) is 5.02 Å². The van der Waals surface area contributed by atoms with Crippen molar-refractivity contribution < 1.29 is 8.42 Å². The summed E-state index contributed by atoms with van der Waals surface area (Å²) in [4.78, 5) is 8.71. The Kier molecular flexibility index (Phi) is 4.41. The fourth-order valence-corrected chi connectivity index (χ4v) is 4.35. The molecule has 0 spiro atoms. The minimum atomic E-state index is -2.94. The predicted octanol–water partition coefficient (Wildman–Crippen LogP) is 2.78. The van der Waals surface area contributed by atoms with Gasteiger partial charge in [0, 0.05) is 17.8 Å². The third-order valence-electron chi connectivity index (χ3n) is 3.56. The molecule has 1 aromatic heterocycles. The number of aromatic nitrogens is 2. The van der Waals surface area contributed by atoms with E-state index in [2.05, 4.69) is 20.6 Å². The van der Waals surface area contributed by atoms with Crippen molar-refractivity contribution in [2.24, 2.45) is 0 Å². The second kappa shape index (κ2) is 6.33. The van der Waals surface area contributed by atoms with Crippen LogP contribution in [0.15, 0.2) is 30.3 Å². The van der Waals surface area contributed by atoms with Crippen molar-refractivity contribution in [3.63, 3.8) is 0 Å². The normalized spacial score (nSPS) is 19.5. The van der Waals surface area contributed by atoms with Gasteiger partial charge < -0.3 is 10.6 Å². The average molecular weight is 353 g/mol. The van der Waals surface area contributed by atoms with Crippen LogP contribution in [-0.4, -0.2) is 35.9 Å². The van der Waals surface area contributed by atoms with Crippen LogP contribution in [0.3, 0.4) is 0 Å². The second-order valence-electron chi connectivity index (χ2n) is 5.57. The first-order chi connectivity index (χ1) is 10.9. The second-order valence-corrected chi connectivity index (χ2v) is 8.20. The third kappa shape index (κ3) is 4.11. The van der Waals surface area contributed by atoms with E-state index >= 15 is 0 Å². The van der Waals surface area contributed by atoms with Gasteiger partial charge >= 0.3 is 0 Å². The van der Waals surface area contributed by atoms with E-state index in [-0.39, 0.29) is 17.5 Å². The van der Waals surface area contributed by atoms with Crippen molar-refractivity contribution in [1.82, 2.24) is 9.97 Å². The van der Waals surface area contributed by atoms with Crippen LogP contribution in [-0.2, 0) is 9.84 Å². The van der Waals surface area contributed by atoms with Crippen LogP contribution in [0.5, 0.6) is 0 Å². The standard InChI is InChI=1S/C15H17ClN4O2S/c1-10-8-14(19-13-5-3-2-4-12(13)16)20-15(17-10)18-11-6-7-23(21,22)9-11/h2-5,8,11H,6-7,9H2,1H3,(H2,17,18,19,20). The molecule has 3 rings (SSSR count). The molecule has 2 heterocycles. The third-order valence-corrected chi connectivity index (χ3v) is 5.65.